The molecule has 0 aliphatic heterocycles. The summed E-state index contributed by atoms with van der Waals surface area (Å²) in [6.07, 6.45) is 13.5. The Hall–Kier alpha value is -0.480. The van der Waals surface area contributed by atoms with E-state index < -0.39 is 0 Å². The molecular formula is C12H21N. The highest BCUT2D eigenvalue weighted by atomic mass is 14.9. The van der Waals surface area contributed by atoms with Gasteiger partial charge in [0.05, 0.1) is 6.54 Å². The number of hydrogen-bond acceptors (Lipinski definition) is 1. The molecule has 0 aromatic heterocycles. The van der Waals surface area contributed by atoms with Crippen LogP contribution in [0.4, 0.5) is 0 Å². The van der Waals surface area contributed by atoms with Crippen LogP contribution in [-0.2, 0) is 0 Å². The summed E-state index contributed by atoms with van der Waals surface area (Å²) in [5, 5.41) is 3.45. The van der Waals surface area contributed by atoms with E-state index in [9.17, 15) is 0 Å². The van der Waals surface area contributed by atoms with Gasteiger partial charge in [-0.15, -0.1) is 6.42 Å². The van der Waals surface area contributed by atoms with Crippen LogP contribution in [0.2, 0.25) is 0 Å². The Balaban J connectivity index is 2.31. The monoisotopic (exact) mass is 179 g/mol. The third-order valence-corrected chi connectivity index (χ3v) is 3.13. The van der Waals surface area contributed by atoms with Crippen molar-refractivity contribution >= 4 is 0 Å². The van der Waals surface area contributed by atoms with Crippen molar-refractivity contribution in [2.45, 2.75) is 51.5 Å². The van der Waals surface area contributed by atoms with Gasteiger partial charge < -0.3 is 5.32 Å². The molecule has 0 amide bonds. The van der Waals surface area contributed by atoms with Crippen LogP contribution in [0.5, 0.6) is 0 Å². The largest absolute Gasteiger partial charge is 0.303 e. The SMILES string of the molecule is C#CCNC(CC)C1CCCCC1. The molecule has 0 aromatic rings. The maximum Gasteiger partial charge on any atom is 0.0576 e. The van der Waals surface area contributed by atoms with E-state index in [1.165, 1.54) is 38.5 Å². The Morgan fingerprint density at radius 1 is 1.38 bits per heavy atom. The molecule has 1 aliphatic carbocycles. The van der Waals surface area contributed by atoms with Crippen LogP contribution < -0.4 is 5.32 Å². The van der Waals surface area contributed by atoms with Crippen molar-refractivity contribution in [3.8, 4) is 12.3 Å². The maximum absolute atomic E-state index is 5.25. The van der Waals surface area contributed by atoms with Gasteiger partial charge in [-0.05, 0) is 25.2 Å². The van der Waals surface area contributed by atoms with E-state index >= 15 is 0 Å². The van der Waals surface area contributed by atoms with Crippen LogP contribution in [0.25, 0.3) is 0 Å². The Kier molecular flexibility index (Phi) is 4.93. The zero-order chi connectivity index (χ0) is 9.52. The average Bonchev–Trinajstić information content (AvgIpc) is 2.21. The van der Waals surface area contributed by atoms with Crippen molar-refractivity contribution in [1.29, 1.82) is 0 Å². The van der Waals surface area contributed by atoms with Crippen molar-refractivity contribution in [2.24, 2.45) is 5.92 Å². The Morgan fingerprint density at radius 3 is 2.62 bits per heavy atom. The molecule has 0 saturated heterocycles. The average molecular weight is 179 g/mol. The standard InChI is InChI=1S/C12H21N/c1-3-10-13-12(4-2)11-8-6-5-7-9-11/h1,11-13H,4-10H2,2H3. The molecule has 1 rings (SSSR count). The molecule has 0 heterocycles. The first-order valence-electron chi connectivity index (χ1n) is 5.55. The smallest absolute Gasteiger partial charge is 0.0576 e. The Labute approximate surface area is 82.3 Å². The van der Waals surface area contributed by atoms with Gasteiger partial charge in [0, 0.05) is 6.04 Å². The van der Waals surface area contributed by atoms with Crippen LogP contribution in [0.15, 0.2) is 0 Å². The van der Waals surface area contributed by atoms with E-state index in [-0.39, 0.29) is 0 Å². The molecule has 13 heavy (non-hydrogen) atoms. The highest BCUT2D eigenvalue weighted by Gasteiger charge is 2.21. The quantitative estimate of drug-likeness (QED) is 0.654. The van der Waals surface area contributed by atoms with Gasteiger partial charge in [0.25, 0.3) is 0 Å². The second-order valence-electron chi connectivity index (χ2n) is 4.00. The topological polar surface area (TPSA) is 12.0 Å². The third kappa shape index (κ3) is 3.40. The molecule has 1 atom stereocenters. The zero-order valence-corrected chi connectivity index (χ0v) is 8.68. The number of rotatable bonds is 4. The van der Waals surface area contributed by atoms with Gasteiger partial charge in [0.2, 0.25) is 0 Å². The molecule has 0 spiro atoms. The second-order valence-corrected chi connectivity index (χ2v) is 4.00. The van der Waals surface area contributed by atoms with Crippen LogP contribution in [0.3, 0.4) is 0 Å². The minimum Gasteiger partial charge on any atom is -0.303 e. The fraction of sp³-hybridized carbons (Fsp3) is 0.833. The highest BCUT2D eigenvalue weighted by Crippen LogP contribution is 2.27. The van der Waals surface area contributed by atoms with Gasteiger partial charge in [0.1, 0.15) is 0 Å². The first-order valence-corrected chi connectivity index (χ1v) is 5.55. The summed E-state index contributed by atoms with van der Waals surface area (Å²) in [4.78, 5) is 0. The van der Waals surface area contributed by atoms with Crippen LogP contribution in [0, 0.1) is 18.3 Å². The van der Waals surface area contributed by atoms with Crippen molar-refractivity contribution < 1.29 is 0 Å². The van der Waals surface area contributed by atoms with E-state index in [0.29, 0.717) is 6.04 Å². The molecule has 1 N–H and O–H groups in total. The maximum atomic E-state index is 5.25. The van der Waals surface area contributed by atoms with Gasteiger partial charge in [0.15, 0.2) is 0 Å². The third-order valence-electron chi connectivity index (χ3n) is 3.13. The minimum absolute atomic E-state index is 0.663. The molecule has 1 fully saturated rings. The van der Waals surface area contributed by atoms with E-state index in [0.717, 1.165) is 12.5 Å². The van der Waals surface area contributed by atoms with Crippen molar-refractivity contribution in [3.05, 3.63) is 0 Å². The van der Waals surface area contributed by atoms with Crippen molar-refractivity contribution in [2.75, 3.05) is 6.54 Å². The molecule has 1 unspecified atom stereocenters. The summed E-state index contributed by atoms with van der Waals surface area (Å²) in [7, 11) is 0. The fourth-order valence-electron chi connectivity index (χ4n) is 2.37. The first kappa shape index (κ1) is 10.6. The lowest BCUT2D eigenvalue weighted by molar-refractivity contribution is 0.269. The minimum atomic E-state index is 0.663. The van der Waals surface area contributed by atoms with Crippen LogP contribution >= 0.6 is 0 Å². The number of nitrogens with one attached hydrogen (secondary N) is 1. The van der Waals surface area contributed by atoms with Gasteiger partial charge in [-0.1, -0.05) is 32.1 Å². The summed E-state index contributed by atoms with van der Waals surface area (Å²) in [6.45, 7) is 2.98. The van der Waals surface area contributed by atoms with Crippen molar-refractivity contribution in [3.63, 3.8) is 0 Å². The number of hydrogen-bond donors (Lipinski definition) is 1. The molecule has 1 saturated carbocycles. The first-order chi connectivity index (χ1) is 6.38. The molecule has 0 aromatic carbocycles. The van der Waals surface area contributed by atoms with E-state index in [4.69, 9.17) is 6.42 Å². The van der Waals surface area contributed by atoms with Gasteiger partial charge >= 0.3 is 0 Å². The van der Waals surface area contributed by atoms with Crippen molar-refractivity contribution in [1.82, 2.24) is 5.32 Å². The lowest BCUT2D eigenvalue weighted by atomic mass is 9.83. The molecule has 0 bridgehead atoms. The predicted molar refractivity (Wildman–Crippen MR) is 57.5 cm³/mol. The summed E-state index contributed by atoms with van der Waals surface area (Å²) < 4.78 is 0. The van der Waals surface area contributed by atoms with E-state index in [1.807, 2.05) is 0 Å². The molecule has 1 nitrogen and oxygen atoms in total. The lowest BCUT2D eigenvalue weighted by Gasteiger charge is -2.29. The molecule has 1 aliphatic rings. The zero-order valence-electron chi connectivity index (χ0n) is 8.68. The molecule has 74 valence electrons. The van der Waals surface area contributed by atoms with E-state index in [1.54, 1.807) is 0 Å². The summed E-state index contributed by atoms with van der Waals surface area (Å²) in [5.74, 6) is 3.54. The van der Waals surface area contributed by atoms with Gasteiger partial charge in [-0.3, -0.25) is 0 Å². The summed E-state index contributed by atoms with van der Waals surface area (Å²) in [6, 6.07) is 0.663. The number of terminal acetylenes is 1. The lowest BCUT2D eigenvalue weighted by Crippen LogP contribution is -2.36. The summed E-state index contributed by atoms with van der Waals surface area (Å²) in [5.41, 5.74) is 0. The normalized spacial score (nSPS) is 20.9. The Bertz CT molecular complexity index is 162. The summed E-state index contributed by atoms with van der Waals surface area (Å²) >= 11 is 0. The fourth-order valence-corrected chi connectivity index (χ4v) is 2.37. The second kappa shape index (κ2) is 6.05. The molecule has 0 radical (unpaired) electrons. The Morgan fingerprint density at radius 2 is 2.08 bits per heavy atom. The molecule has 1 heteroatoms. The van der Waals surface area contributed by atoms with E-state index in [2.05, 4.69) is 18.2 Å². The predicted octanol–water partition coefficient (Wildman–Crippen LogP) is 2.57. The van der Waals surface area contributed by atoms with Gasteiger partial charge in [-0.2, -0.15) is 0 Å². The van der Waals surface area contributed by atoms with Crippen LogP contribution in [-0.4, -0.2) is 12.6 Å². The highest BCUT2D eigenvalue weighted by molar-refractivity contribution is 4.89. The molecular weight excluding hydrogens is 158 g/mol. The van der Waals surface area contributed by atoms with Crippen LogP contribution in [0.1, 0.15) is 45.4 Å². The van der Waals surface area contributed by atoms with Gasteiger partial charge in [-0.25, -0.2) is 0 Å².